The second kappa shape index (κ2) is 8.59. The first-order valence-electron chi connectivity index (χ1n) is 9.52. The Morgan fingerprint density at radius 2 is 2.04 bits per heavy atom. The Labute approximate surface area is 169 Å². The van der Waals surface area contributed by atoms with Crippen LogP contribution in [0.15, 0.2) is 24.3 Å². The summed E-state index contributed by atoms with van der Waals surface area (Å²) in [5, 5.41) is 4.04. The molecule has 0 aliphatic carbocycles. The molecule has 28 heavy (non-hydrogen) atoms. The van der Waals surface area contributed by atoms with Crippen molar-refractivity contribution < 1.29 is 19.1 Å². The second-order valence-electron chi connectivity index (χ2n) is 7.54. The van der Waals surface area contributed by atoms with Gasteiger partial charge in [-0.05, 0) is 37.3 Å². The van der Waals surface area contributed by atoms with Crippen LogP contribution >= 0.6 is 11.3 Å². The second-order valence-corrected chi connectivity index (χ2v) is 8.59. The molecule has 1 unspecified atom stereocenters. The molecule has 0 radical (unpaired) electrons. The summed E-state index contributed by atoms with van der Waals surface area (Å²) < 4.78 is 11.5. The van der Waals surface area contributed by atoms with Gasteiger partial charge in [0.05, 0.1) is 11.5 Å². The Morgan fingerprint density at radius 1 is 1.29 bits per heavy atom. The number of hydrogen-bond acceptors (Lipinski definition) is 5. The number of nitrogens with zero attached hydrogens (tertiary/aromatic N) is 1. The number of fused-ring (bicyclic) bond motifs is 1. The molecule has 1 N–H and O–H groups in total. The smallest absolute Gasteiger partial charge is 0.261 e. The molecule has 6 nitrogen and oxygen atoms in total. The van der Waals surface area contributed by atoms with Crippen molar-refractivity contribution in [1.82, 2.24) is 10.2 Å². The fraction of sp³-hybridized carbons (Fsp3) is 0.524. The maximum Gasteiger partial charge on any atom is 0.261 e. The number of methoxy groups -OCH3 is 2. The van der Waals surface area contributed by atoms with Gasteiger partial charge in [0.1, 0.15) is 5.60 Å². The third-order valence-corrected chi connectivity index (χ3v) is 6.53. The highest BCUT2D eigenvalue weighted by atomic mass is 32.1. The van der Waals surface area contributed by atoms with Crippen LogP contribution in [0.3, 0.4) is 0 Å². The van der Waals surface area contributed by atoms with Crippen molar-refractivity contribution in [2.24, 2.45) is 0 Å². The van der Waals surface area contributed by atoms with Gasteiger partial charge in [-0.1, -0.05) is 18.2 Å². The van der Waals surface area contributed by atoms with E-state index < -0.39 is 5.60 Å². The zero-order chi connectivity index (χ0) is 20.3. The summed E-state index contributed by atoms with van der Waals surface area (Å²) in [6.45, 7) is 5.80. The topological polar surface area (TPSA) is 67.9 Å². The number of rotatable bonds is 7. The van der Waals surface area contributed by atoms with E-state index in [1.165, 1.54) is 11.3 Å². The number of ether oxygens (including phenoxy) is 2. The zero-order valence-electron chi connectivity index (χ0n) is 16.9. The lowest BCUT2D eigenvalue weighted by atomic mass is 9.95. The first-order chi connectivity index (χ1) is 13.4. The predicted octanol–water partition coefficient (Wildman–Crippen LogP) is 3.02. The third-order valence-electron chi connectivity index (χ3n) is 5.34. The number of nitrogens with one attached hydrogen (secondary N) is 1. The van der Waals surface area contributed by atoms with Gasteiger partial charge in [0.15, 0.2) is 0 Å². The highest BCUT2D eigenvalue weighted by Crippen LogP contribution is 2.40. The molecule has 1 aliphatic heterocycles. The van der Waals surface area contributed by atoms with Crippen LogP contribution in [0.25, 0.3) is 10.1 Å². The van der Waals surface area contributed by atoms with Gasteiger partial charge in [-0.2, -0.15) is 0 Å². The average molecular weight is 405 g/mol. The fourth-order valence-corrected chi connectivity index (χ4v) is 4.84. The van der Waals surface area contributed by atoms with Crippen LogP contribution in [-0.2, 0) is 14.3 Å². The molecule has 1 fully saturated rings. The maximum absolute atomic E-state index is 12.8. The van der Waals surface area contributed by atoms with Crippen LogP contribution in [0.4, 0.5) is 0 Å². The van der Waals surface area contributed by atoms with E-state index in [1.807, 2.05) is 23.1 Å². The fourth-order valence-electron chi connectivity index (χ4n) is 3.63. The number of amides is 2. The van der Waals surface area contributed by atoms with Crippen molar-refractivity contribution in [2.75, 3.05) is 40.5 Å². The van der Waals surface area contributed by atoms with E-state index in [1.54, 1.807) is 28.1 Å². The zero-order valence-corrected chi connectivity index (χ0v) is 17.7. The van der Waals surface area contributed by atoms with Gasteiger partial charge < -0.3 is 19.7 Å². The lowest BCUT2D eigenvalue weighted by Crippen LogP contribution is -2.45. The van der Waals surface area contributed by atoms with E-state index in [9.17, 15) is 9.59 Å². The van der Waals surface area contributed by atoms with Gasteiger partial charge in [-0.25, -0.2) is 0 Å². The normalized spacial score (nSPS) is 17.3. The van der Waals surface area contributed by atoms with E-state index in [2.05, 4.69) is 11.4 Å². The van der Waals surface area contributed by atoms with Crippen LogP contribution < -0.4 is 5.32 Å². The van der Waals surface area contributed by atoms with Crippen LogP contribution in [0, 0.1) is 0 Å². The van der Waals surface area contributed by atoms with Crippen molar-refractivity contribution in [3.63, 3.8) is 0 Å². The average Bonchev–Trinajstić information content (AvgIpc) is 3.31. The molecule has 0 saturated carbocycles. The molecule has 1 aromatic heterocycles. The Hall–Kier alpha value is -1.96. The molecule has 0 spiro atoms. The van der Waals surface area contributed by atoms with Gasteiger partial charge in [0.25, 0.3) is 11.8 Å². The summed E-state index contributed by atoms with van der Waals surface area (Å²) in [7, 11) is 3.17. The Kier molecular flexibility index (Phi) is 6.37. The molecule has 2 amide bonds. The maximum atomic E-state index is 12.8. The summed E-state index contributed by atoms with van der Waals surface area (Å²) in [4.78, 5) is 28.2. The number of thiophene rings is 1. The largest absolute Gasteiger partial charge is 0.383 e. The van der Waals surface area contributed by atoms with E-state index in [0.29, 0.717) is 26.2 Å². The lowest BCUT2D eigenvalue weighted by Gasteiger charge is -2.28. The highest BCUT2D eigenvalue weighted by Gasteiger charge is 2.38. The van der Waals surface area contributed by atoms with Crippen LogP contribution in [-0.4, -0.2) is 62.8 Å². The van der Waals surface area contributed by atoms with E-state index >= 15 is 0 Å². The number of likely N-dealkylation sites (tertiary alicyclic amines) is 1. The van der Waals surface area contributed by atoms with E-state index in [0.717, 1.165) is 26.9 Å². The van der Waals surface area contributed by atoms with E-state index in [4.69, 9.17) is 9.47 Å². The van der Waals surface area contributed by atoms with Gasteiger partial charge in [0, 0.05) is 44.5 Å². The third kappa shape index (κ3) is 4.06. The minimum Gasteiger partial charge on any atom is -0.383 e. The quantitative estimate of drug-likeness (QED) is 0.721. The number of carbonyl (C=O) groups is 2. The summed E-state index contributed by atoms with van der Waals surface area (Å²) in [5.41, 5.74) is 0.215. The summed E-state index contributed by atoms with van der Waals surface area (Å²) in [6, 6.07) is 8.09. The molecular formula is C21H28N2O4S. The predicted molar refractivity (Wildman–Crippen MR) is 111 cm³/mol. The van der Waals surface area contributed by atoms with Crippen molar-refractivity contribution >= 4 is 33.2 Å². The Bertz CT molecular complexity index is 861. The van der Waals surface area contributed by atoms with Crippen LogP contribution in [0.1, 0.15) is 41.4 Å². The summed E-state index contributed by atoms with van der Waals surface area (Å²) in [5.74, 6) is 0.0503. The molecule has 1 saturated heterocycles. The SMILES string of the molecule is COCCNC(=O)c1sc2ccccc2c1C1CCN(C(=O)C(C)(C)OC)C1. The van der Waals surface area contributed by atoms with Gasteiger partial charge in [-0.15, -0.1) is 11.3 Å². The van der Waals surface area contributed by atoms with Crippen molar-refractivity contribution in [3.8, 4) is 0 Å². The lowest BCUT2D eigenvalue weighted by molar-refractivity contribution is -0.149. The molecule has 152 valence electrons. The standard InChI is InChI=1S/C21H28N2O4S/c1-21(2,27-4)20(25)23-11-9-14(13-23)17-15-7-5-6-8-16(15)28-18(17)19(24)22-10-12-26-3/h5-8,14H,9-13H2,1-4H3,(H,22,24). The molecular weight excluding hydrogens is 376 g/mol. The van der Waals surface area contributed by atoms with Crippen molar-refractivity contribution in [1.29, 1.82) is 0 Å². The van der Waals surface area contributed by atoms with Gasteiger partial charge in [-0.3, -0.25) is 9.59 Å². The molecule has 2 aromatic rings. The Balaban J connectivity index is 1.89. The molecule has 1 atom stereocenters. The molecule has 3 rings (SSSR count). The molecule has 1 aromatic carbocycles. The van der Waals surface area contributed by atoms with Gasteiger partial charge in [0.2, 0.25) is 0 Å². The van der Waals surface area contributed by atoms with Crippen molar-refractivity contribution in [3.05, 3.63) is 34.7 Å². The number of carbonyl (C=O) groups excluding carboxylic acids is 2. The molecule has 1 aliphatic rings. The van der Waals surface area contributed by atoms with Gasteiger partial charge >= 0.3 is 0 Å². The van der Waals surface area contributed by atoms with Crippen LogP contribution in [0.5, 0.6) is 0 Å². The first kappa shape index (κ1) is 20.8. The van der Waals surface area contributed by atoms with Crippen LogP contribution in [0.2, 0.25) is 0 Å². The monoisotopic (exact) mass is 404 g/mol. The minimum absolute atomic E-state index is 0.0110. The molecule has 7 heteroatoms. The highest BCUT2D eigenvalue weighted by molar-refractivity contribution is 7.21. The number of benzene rings is 1. The van der Waals surface area contributed by atoms with E-state index in [-0.39, 0.29) is 17.7 Å². The Morgan fingerprint density at radius 3 is 2.75 bits per heavy atom. The summed E-state index contributed by atoms with van der Waals surface area (Å²) >= 11 is 1.52. The molecule has 2 heterocycles. The number of hydrogen-bond donors (Lipinski definition) is 1. The molecule has 0 bridgehead atoms. The summed E-state index contributed by atoms with van der Waals surface area (Å²) in [6.07, 6.45) is 0.838. The van der Waals surface area contributed by atoms with Crippen molar-refractivity contribution in [2.45, 2.75) is 31.8 Å². The minimum atomic E-state index is -0.841. The first-order valence-corrected chi connectivity index (χ1v) is 10.3.